The summed E-state index contributed by atoms with van der Waals surface area (Å²) in [6.45, 7) is 2.13. The van der Waals surface area contributed by atoms with Crippen LogP contribution in [-0.2, 0) is 20.9 Å². The van der Waals surface area contributed by atoms with Crippen LogP contribution >= 0.6 is 11.8 Å². The molecule has 0 radical (unpaired) electrons. The van der Waals surface area contributed by atoms with Gasteiger partial charge in [-0.25, -0.2) is 0 Å². The van der Waals surface area contributed by atoms with Crippen LogP contribution in [0.3, 0.4) is 0 Å². The van der Waals surface area contributed by atoms with Gasteiger partial charge in [-0.15, -0.1) is 11.8 Å². The maximum atomic E-state index is 14.7. The largest absolute Gasteiger partial charge is 0.394 e. The van der Waals surface area contributed by atoms with E-state index in [9.17, 15) is 19.5 Å². The van der Waals surface area contributed by atoms with Gasteiger partial charge in [0, 0.05) is 17.5 Å². The van der Waals surface area contributed by atoms with Crippen LogP contribution < -0.4 is 10.6 Å². The zero-order chi connectivity index (χ0) is 30.4. The van der Waals surface area contributed by atoms with Crippen LogP contribution in [0.25, 0.3) is 10.8 Å². The van der Waals surface area contributed by atoms with E-state index in [2.05, 4.69) is 17.6 Å². The Morgan fingerprint density at radius 1 is 0.932 bits per heavy atom. The lowest BCUT2D eigenvalue weighted by atomic mass is 9.66. The number of nitrogens with zero attached hydrogens (tertiary/aromatic N) is 1. The van der Waals surface area contributed by atoms with Crippen LogP contribution in [0.1, 0.15) is 30.5 Å². The lowest BCUT2D eigenvalue weighted by molar-refractivity contribution is -0.142. The van der Waals surface area contributed by atoms with Crippen molar-refractivity contribution in [2.24, 2.45) is 17.8 Å². The number of hydrogen-bond donors (Lipinski definition) is 3. The van der Waals surface area contributed by atoms with E-state index < -0.39 is 28.7 Å². The van der Waals surface area contributed by atoms with Crippen LogP contribution in [0, 0.1) is 17.8 Å². The molecule has 3 unspecified atom stereocenters. The summed E-state index contributed by atoms with van der Waals surface area (Å²) in [5.74, 6) is -1.93. The molecule has 3 N–H and O–H groups in total. The van der Waals surface area contributed by atoms with Crippen LogP contribution in [0.5, 0.6) is 0 Å². The first-order valence-corrected chi connectivity index (χ1v) is 16.1. The van der Waals surface area contributed by atoms with Gasteiger partial charge < -0.3 is 20.6 Å². The molecule has 2 bridgehead atoms. The zero-order valence-electron chi connectivity index (χ0n) is 24.4. The molecule has 3 fully saturated rings. The quantitative estimate of drug-likeness (QED) is 0.258. The zero-order valence-corrected chi connectivity index (χ0v) is 25.2. The summed E-state index contributed by atoms with van der Waals surface area (Å²) >= 11 is 1.63. The van der Waals surface area contributed by atoms with Gasteiger partial charge in [0.25, 0.3) is 0 Å². The number of likely N-dealkylation sites (tertiary alicyclic amines) is 1. The van der Waals surface area contributed by atoms with Crippen molar-refractivity contribution >= 4 is 45.9 Å². The average molecular weight is 606 g/mol. The Morgan fingerprint density at radius 3 is 2.34 bits per heavy atom. The van der Waals surface area contributed by atoms with Crippen LogP contribution in [0.15, 0.2) is 103 Å². The van der Waals surface area contributed by atoms with E-state index in [-0.39, 0.29) is 35.5 Å². The molecule has 0 aliphatic carbocycles. The van der Waals surface area contributed by atoms with Crippen molar-refractivity contribution in [3.63, 3.8) is 0 Å². The highest BCUT2D eigenvalue weighted by Crippen LogP contribution is 2.69. The maximum Gasteiger partial charge on any atom is 0.248 e. The van der Waals surface area contributed by atoms with Crippen molar-refractivity contribution in [2.45, 2.75) is 42.0 Å². The Hall–Kier alpha value is -4.14. The highest BCUT2D eigenvalue weighted by atomic mass is 32.2. The molecule has 0 saturated carbocycles. The van der Waals surface area contributed by atoms with Crippen molar-refractivity contribution in [3.8, 4) is 0 Å². The smallest absolute Gasteiger partial charge is 0.248 e. The van der Waals surface area contributed by atoms with Gasteiger partial charge in [-0.3, -0.25) is 14.4 Å². The summed E-state index contributed by atoms with van der Waals surface area (Å²) in [5, 5.41) is 18.9. The predicted octanol–water partition coefficient (Wildman–Crippen LogP) is 5.17. The van der Waals surface area contributed by atoms with E-state index in [0.717, 1.165) is 28.3 Å². The molecule has 3 amide bonds. The first-order valence-electron chi connectivity index (χ1n) is 15.2. The predicted molar refractivity (Wildman–Crippen MR) is 173 cm³/mol. The Balaban J connectivity index is 1.27. The Bertz CT molecular complexity index is 1720. The van der Waals surface area contributed by atoms with E-state index in [0.29, 0.717) is 12.2 Å². The second-order valence-corrected chi connectivity index (χ2v) is 13.7. The fourth-order valence-corrected chi connectivity index (χ4v) is 10.2. The minimum Gasteiger partial charge on any atom is -0.394 e. The lowest BCUT2D eigenvalue weighted by Crippen LogP contribution is -2.55. The minimum absolute atomic E-state index is 0.0112. The van der Waals surface area contributed by atoms with Gasteiger partial charge in [0.1, 0.15) is 6.04 Å². The summed E-state index contributed by atoms with van der Waals surface area (Å²) in [7, 11) is 0. The standard InChI is InChI=1S/C36H35N3O4S/c1-22-18-29-30(33(41)37-20-23-10-4-2-5-11-23)31-35(43)39(28(21-40)25-13-6-3-7-14-25)32(36(22,31)44-29)34(42)38-27-17-16-24-12-8-9-15-26(24)19-27/h2-17,19,22,28-32,40H,18,20-21H2,1H3,(H,37,41)(H,38,42)/t22?,28-,29-,30+,31+,32?,36?/m1/s1. The van der Waals surface area contributed by atoms with Gasteiger partial charge in [-0.05, 0) is 46.4 Å². The van der Waals surface area contributed by atoms with Crippen LogP contribution in [-0.4, -0.2) is 50.4 Å². The molecular weight excluding hydrogens is 570 g/mol. The molecule has 4 aromatic carbocycles. The minimum atomic E-state index is -0.874. The molecule has 1 spiro atoms. The topological polar surface area (TPSA) is 98.7 Å². The first-order chi connectivity index (χ1) is 21.4. The number of hydrogen-bond acceptors (Lipinski definition) is 5. The number of thioether (sulfide) groups is 1. The fraction of sp³-hybridized carbons (Fsp3) is 0.306. The molecule has 7 nitrogen and oxygen atoms in total. The first kappa shape index (κ1) is 28.6. The molecule has 3 saturated heterocycles. The van der Waals surface area contributed by atoms with Crippen molar-refractivity contribution < 1.29 is 19.5 Å². The number of aliphatic hydroxyl groups is 1. The summed E-state index contributed by atoms with van der Waals surface area (Å²) < 4.78 is -0.806. The normalized spacial score (nSPS) is 27.7. The monoisotopic (exact) mass is 605 g/mol. The highest BCUT2D eigenvalue weighted by molar-refractivity contribution is 8.02. The SMILES string of the molecule is CC1C[C@H]2SC13C(C(=O)Nc1ccc4ccccc4c1)N([C@H](CO)c1ccccc1)C(=O)[C@@H]3[C@H]2C(=O)NCc1ccccc1. The third-order valence-electron chi connectivity index (χ3n) is 9.75. The van der Waals surface area contributed by atoms with E-state index in [4.69, 9.17) is 0 Å². The lowest BCUT2D eigenvalue weighted by Gasteiger charge is -2.40. The number of fused-ring (bicyclic) bond motifs is 2. The maximum absolute atomic E-state index is 14.7. The third kappa shape index (κ3) is 4.59. The van der Waals surface area contributed by atoms with Gasteiger partial charge in [0.15, 0.2) is 0 Å². The number of benzene rings is 4. The molecule has 44 heavy (non-hydrogen) atoms. The number of rotatable bonds is 8. The second-order valence-electron chi connectivity index (χ2n) is 12.2. The summed E-state index contributed by atoms with van der Waals surface area (Å²) in [6.07, 6.45) is 0.737. The van der Waals surface area contributed by atoms with Crippen molar-refractivity contribution in [3.05, 3.63) is 114 Å². The molecule has 7 atom stereocenters. The Morgan fingerprint density at radius 2 is 1.61 bits per heavy atom. The number of nitrogens with one attached hydrogen (secondary N) is 2. The van der Waals surface area contributed by atoms with Gasteiger partial charge in [0.2, 0.25) is 17.7 Å². The fourth-order valence-electron chi connectivity index (χ4n) is 7.80. The number of anilines is 1. The van der Waals surface area contributed by atoms with Gasteiger partial charge in [0.05, 0.1) is 29.2 Å². The molecule has 8 heteroatoms. The van der Waals surface area contributed by atoms with E-state index in [1.165, 1.54) is 0 Å². The number of aliphatic hydroxyl groups excluding tert-OH is 1. The van der Waals surface area contributed by atoms with E-state index >= 15 is 0 Å². The van der Waals surface area contributed by atoms with Crippen LogP contribution in [0.2, 0.25) is 0 Å². The number of carbonyl (C=O) groups excluding carboxylic acids is 3. The van der Waals surface area contributed by atoms with Gasteiger partial charge in [-0.2, -0.15) is 0 Å². The average Bonchev–Trinajstić information content (AvgIpc) is 3.65. The van der Waals surface area contributed by atoms with E-state index in [1.54, 1.807) is 16.7 Å². The summed E-state index contributed by atoms with van der Waals surface area (Å²) in [6, 6.07) is 31.2. The molecule has 3 heterocycles. The third-order valence-corrected chi connectivity index (χ3v) is 11.8. The second kappa shape index (κ2) is 11.4. The number of carbonyl (C=O) groups is 3. The van der Waals surface area contributed by atoms with Crippen molar-refractivity contribution in [1.82, 2.24) is 10.2 Å². The van der Waals surface area contributed by atoms with Gasteiger partial charge >= 0.3 is 0 Å². The highest BCUT2D eigenvalue weighted by Gasteiger charge is 2.76. The van der Waals surface area contributed by atoms with E-state index in [1.807, 2.05) is 103 Å². The van der Waals surface area contributed by atoms with Crippen molar-refractivity contribution in [2.75, 3.05) is 11.9 Å². The Kier molecular flexibility index (Phi) is 7.42. The molecule has 3 aliphatic rings. The van der Waals surface area contributed by atoms with Gasteiger partial charge in [-0.1, -0.05) is 97.9 Å². The molecule has 3 aliphatic heterocycles. The molecule has 7 rings (SSSR count). The Labute approximate surface area is 261 Å². The summed E-state index contributed by atoms with van der Waals surface area (Å²) in [5.41, 5.74) is 2.38. The molecule has 224 valence electrons. The molecule has 4 aromatic rings. The summed E-state index contributed by atoms with van der Waals surface area (Å²) in [4.78, 5) is 44.6. The van der Waals surface area contributed by atoms with Crippen molar-refractivity contribution in [1.29, 1.82) is 0 Å². The molecule has 0 aromatic heterocycles. The number of amides is 3. The molecular formula is C36H35N3O4S. The van der Waals surface area contributed by atoms with Crippen LogP contribution in [0.4, 0.5) is 5.69 Å².